The number of aliphatic hydroxyl groups is 2. The molecule has 1 saturated carbocycles. The van der Waals surface area contributed by atoms with Crippen molar-refractivity contribution in [1.29, 1.82) is 0 Å². The molecule has 0 aromatic heterocycles. The molecular weight excluding hydrogens is 416 g/mol. The van der Waals surface area contributed by atoms with E-state index in [2.05, 4.69) is 58.9 Å². The van der Waals surface area contributed by atoms with Crippen LogP contribution in [0.1, 0.15) is 135 Å². The highest BCUT2D eigenvalue weighted by Gasteiger charge is 2.48. The molecule has 1 aromatic rings. The fourth-order valence-electron chi connectivity index (χ4n) is 7.26. The quantitative estimate of drug-likeness (QED) is 0.411. The van der Waals surface area contributed by atoms with E-state index in [0.29, 0.717) is 12.3 Å². The van der Waals surface area contributed by atoms with E-state index in [0.717, 1.165) is 48.1 Å². The topological polar surface area (TPSA) is 40.5 Å². The van der Waals surface area contributed by atoms with Crippen LogP contribution in [-0.4, -0.2) is 15.8 Å². The van der Waals surface area contributed by atoms with Gasteiger partial charge in [-0.1, -0.05) is 76.8 Å². The third-order valence-electron chi connectivity index (χ3n) is 9.33. The van der Waals surface area contributed by atoms with Crippen molar-refractivity contribution >= 4 is 0 Å². The first kappa shape index (κ1) is 27.5. The Bertz CT molecular complexity index is 833. The summed E-state index contributed by atoms with van der Waals surface area (Å²) in [5.41, 5.74) is 4.51. The summed E-state index contributed by atoms with van der Waals surface area (Å²) in [5, 5.41) is 21.9. The van der Waals surface area contributed by atoms with Crippen LogP contribution in [0.15, 0.2) is 29.8 Å². The summed E-state index contributed by atoms with van der Waals surface area (Å²) in [6, 6.07) is 6.72. The molecule has 3 aliphatic rings. The fraction of sp³-hybridized carbons (Fsp3) is 0.750. The summed E-state index contributed by atoms with van der Waals surface area (Å²) in [4.78, 5) is 0. The predicted molar refractivity (Wildman–Crippen MR) is 145 cm³/mol. The Morgan fingerprint density at radius 1 is 1.03 bits per heavy atom. The molecule has 1 unspecified atom stereocenters. The standard InChI is InChI=1S/C32H52O2/c1-22(2)10-8-12-24(4)29-15-16-30-27-14-13-26(20-28(27)25(5)33)21-31(6,34)19-17-23(3)11-9-18-32(29,30)7/h11,13-14,20,22,24-25,29-30,33-34H,8-10,12,15-19,21H2,1-7H3/b23-11-/t24-,25?,29-,30+,31+,32-/m1/s1. The van der Waals surface area contributed by atoms with Gasteiger partial charge in [0.15, 0.2) is 0 Å². The third-order valence-corrected chi connectivity index (χ3v) is 9.33. The monoisotopic (exact) mass is 468 g/mol. The summed E-state index contributed by atoms with van der Waals surface area (Å²) in [6.45, 7) is 15.9. The van der Waals surface area contributed by atoms with Crippen molar-refractivity contribution in [3.05, 3.63) is 46.5 Å². The first-order chi connectivity index (χ1) is 15.9. The molecule has 4 rings (SSSR count). The minimum atomic E-state index is -0.727. The average Bonchev–Trinajstić information content (AvgIpc) is 3.08. The largest absolute Gasteiger partial charge is 0.390 e. The summed E-state index contributed by atoms with van der Waals surface area (Å²) in [6.07, 6.45) is 13.1. The van der Waals surface area contributed by atoms with Gasteiger partial charge in [0.1, 0.15) is 0 Å². The number of benzene rings is 1. The maximum Gasteiger partial charge on any atom is 0.0764 e. The second kappa shape index (κ2) is 11.3. The van der Waals surface area contributed by atoms with E-state index >= 15 is 0 Å². The molecule has 0 spiro atoms. The van der Waals surface area contributed by atoms with Crippen LogP contribution >= 0.6 is 0 Å². The van der Waals surface area contributed by atoms with Gasteiger partial charge in [-0.25, -0.2) is 0 Å². The number of fused-ring (bicyclic) bond motifs is 8. The molecule has 1 fully saturated rings. The Labute approximate surface area is 210 Å². The molecule has 192 valence electrons. The summed E-state index contributed by atoms with van der Waals surface area (Å²) >= 11 is 0. The second-order valence-corrected chi connectivity index (χ2v) is 12.9. The summed E-state index contributed by atoms with van der Waals surface area (Å²) < 4.78 is 0. The zero-order valence-electron chi connectivity index (χ0n) is 23.2. The van der Waals surface area contributed by atoms with Gasteiger partial charge in [0.25, 0.3) is 0 Å². The normalized spacial score (nSPS) is 33.8. The van der Waals surface area contributed by atoms with Gasteiger partial charge in [0, 0.05) is 6.42 Å². The van der Waals surface area contributed by atoms with Crippen molar-refractivity contribution < 1.29 is 10.2 Å². The van der Waals surface area contributed by atoms with Gasteiger partial charge in [-0.05, 0) is 105 Å². The Kier molecular flexibility index (Phi) is 9.12. The Morgan fingerprint density at radius 2 is 1.76 bits per heavy atom. The first-order valence-electron chi connectivity index (χ1n) is 14.1. The number of hydrogen-bond donors (Lipinski definition) is 2. The second-order valence-electron chi connectivity index (χ2n) is 12.9. The van der Waals surface area contributed by atoms with Crippen molar-refractivity contribution in [2.45, 2.75) is 130 Å². The van der Waals surface area contributed by atoms with Gasteiger partial charge >= 0.3 is 0 Å². The predicted octanol–water partition coefficient (Wildman–Crippen LogP) is 8.52. The molecule has 2 bridgehead atoms. The molecule has 2 nitrogen and oxygen atoms in total. The van der Waals surface area contributed by atoms with E-state index in [1.54, 1.807) is 0 Å². The lowest BCUT2D eigenvalue weighted by Gasteiger charge is -2.41. The molecule has 0 heterocycles. The van der Waals surface area contributed by atoms with Crippen LogP contribution in [0.4, 0.5) is 0 Å². The highest BCUT2D eigenvalue weighted by molar-refractivity contribution is 5.39. The van der Waals surface area contributed by atoms with Crippen molar-refractivity contribution in [2.75, 3.05) is 0 Å². The van der Waals surface area contributed by atoms with E-state index in [9.17, 15) is 10.2 Å². The van der Waals surface area contributed by atoms with Crippen molar-refractivity contribution in [2.24, 2.45) is 23.2 Å². The van der Waals surface area contributed by atoms with Crippen LogP contribution in [0, 0.1) is 23.2 Å². The zero-order chi connectivity index (χ0) is 25.1. The average molecular weight is 469 g/mol. The smallest absolute Gasteiger partial charge is 0.0764 e. The van der Waals surface area contributed by atoms with E-state index < -0.39 is 11.7 Å². The molecule has 2 heteroatoms. The Balaban J connectivity index is 1.99. The maximum atomic E-state index is 11.1. The number of rotatable bonds is 6. The minimum Gasteiger partial charge on any atom is -0.390 e. The molecule has 3 aliphatic carbocycles. The van der Waals surface area contributed by atoms with E-state index in [4.69, 9.17) is 0 Å². The van der Waals surface area contributed by atoms with Gasteiger partial charge in [0.05, 0.1) is 11.7 Å². The highest BCUT2D eigenvalue weighted by atomic mass is 16.3. The zero-order valence-corrected chi connectivity index (χ0v) is 23.2. The van der Waals surface area contributed by atoms with Crippen molar-refractivity contribution in [1.82, 2.24) is 0 Å². The summed E-state index contributed by atoms with van der Waals surface area (Å²) in [5.74, 6) is 2.74. The Hall–Kier alpha value is -1.12. The molecule has 0 saturated heterocycles. The highest BCUT2D eigenvalue weighted by Crippen LogP contribution is 2.59. The van der Waals surface area contributed by atoms with Crippen LogP contribution in [-0.2, 0) is 6.42 Å². The van der Waals surface area contributed by atoms with E-state index in [1.165, 1.54) is 49.7 Å². The van der Waals surface area contributed by atoms with Gasteiger partial charge in [-0.2, -0.15) is 0 Å². The summed E-state index contributed by atoms with van der Waals surface area (Å²) in [7, 11) is 0. The molecule has 0 radical (unpaired) electrons. The fourth-order valence-corrected chi connectivity index (χ4v) is 7.26. The van der Waals surface area contributed by atoms with Gasteiger partial charge in [-0.3, -0.25) is 0 Å². The van der Waals surface area contributed by atoms with Gasteiger partial charge in [0.2, 0.25) is 0 Å². The Morgan fingerprint density at radius 3 is 2.44 bits per heavy atom. The molecular formula is C32H52O2. The van der Waals surface area contributed by atoms with Crippen molar-refractivity contribution in [3.63, 3.8) is 0 Å². The first-order valence-corrected chi connectivity index (χ1v) is 14.1. The lowest BCUT2D eigenvalue weighted by Crippen LogP contribution is -2.32. The van der Waals surface area contributed by atoms with Crippen LogP contribution < -0.4 is 0 Å². The van der Waals surface area contributed by atoms with Gasteiger partial charge < -0.3 is 10.2 Å². The lowest BCUT2D eigenvalue weighted by atomic mass is 9.63. The number of hydrogen-bond acceptors (Lipinski definition) is 2. The maximum absolute atomic E-state index is 11.1. The van der Waals surface area contributed by atoms with Crippen LogP contribution in [0.3, 0.4) is 0 Å². The van der Waals surface area contributed by atoms with Crippen LogP contribution in [0.25, 0.3) is 0 Å². The minimum absolute atomic E-state index is 0.245. The molecule has 0 amide bonds. The molecule has 6 atom stereocenters. The van der Waals surface area contributed by atoms with E-state index in [-0.39, 0.29) is 5.41 Å². The number of allylic oxidation sites excluding steroid dienone is 2. The van der Waals surface area contributed by atoms with Crippen LogP contribution in [0.2, 0.25) is 0 Å². The van der Waals surface area contributed by atoms with E-state index in [1.807, 2.05) is 13.8 Å². The molecule has 34 heavy (non-hydrogen) atoms. The number of aliphatic hydroxyl groups excluding tert-OH is 1. The molecule has 1 aromatic carbocycles. The lowest BCUT2D eigenvalue weighted by molar-refractivity contribution is 0.0514. The molecule has 0 aliphatic heterocycles. The van der Waals surface area contributed by atoms with Crippen LogP contribution in [0.5, 0.6) is 0 Å². The van der Waals surface area contributed by atoms with Crippen molar-refractivity contribution in [3.8, 4) is 0 Å². The molecule has 2 N–H and O–H groups in total. The third kappa shape index (κ3) is 6.55. The van der Waals surface area contributed by atoms with Gasteiger partial charge in [-0.15, -0.1) is 0 Å². The SMILES string of the molecule is C/C1=C/CC[C@]2(C)[C@@H]([C@H](C)CCCC(C)C)CC[C@H]2c2ccc(cc2C(C)O)C[C@@](C)(O)CC1.